The average molecular weight is 1100 g/mol. The summed E-state index contributed by atoms with van der Waals surface area (Å²) in [6.07, 6.45) is 6.39. The fourth-order valence-electron chi connectivity index (χ4n) is 9.47. The van der Waals surface area contributed by atoms with Gasteiger partial charge in [0.05, 0.1) is 74.7 Å². The number of ether oxygens (including phenoxy) is 4. The maximum atomic E-state index is 13.6. The third-order valence-electron chi connectivity index (χ3n) is 14.0. The number of carbonyl (C=O) groups excluding carboxylic acids is 1. The lowest BCUT2D eigenvalue weighted by atomic mass is 9.71. The summed E-state index contributed by atoms with van der Waals surface area (Å²) in [4.78, 5) is 26.9. The number of nitrogens with zero attached hydrogens (tertiary/aromatic N) is 6. The molecule has 0 atom stereocenters. The predicted molar refractivity (Wildman–Crippen MR) is 295 cm³/mol. The van der Waals surface area contributed by atoms with Crippen LogP contribution in [0, 0.1) is 11.3 Å². The summed E-state index contributed by atoms with van der Waals surface area (Å²) < 4.78 is 78.7. The van der Waals surface area contributed by atoms with Crippen molar-refractivity contribution in [2.24, 2.45) is 11.3 Å². The van der Waals surface area contributed by atoms with Gasteiger partial charge in [-0.3, -0.25) is 9.69 Å². The number of rotatable bonds is 31. The summed E-state index contributed by atoms with van der Waals surface area (Å²) in [7, 11) is -3.68. The van der Waals surface area contributed by atoms with E-state index in [4.69, 9.17) is 28.9 Å². The van der Waals surface area contributed by atoms with E-state index in [0.717, 1.165) is 73.2 Å². The minimum Gasteiger partial charge on any atom is -0.504 e. The smallest absolute Gasteiger partial charge is 0.243 e. The number of phenolic OH excluding ortho intramolecular Hbond substituents is 2. The minimum absolute atomic E-state index is 0.0389. The largest absolute Gasteiger partial charge is 0.504 e. The molecule has 4 aromatic rings. The third-order valence-corrected chi connectivity index (χ3v) is 17.8. The average Bonchev–Trinajstić information content (AvgIpc) is 3.68. The van der Waals surface area contributed by atoms with Crippen molar-refractivity contribution < 1.29 is 50.8 Å². The van der Waals surface area contributed by atoms with Crippen molar-refractivity contribution in [3.8, 4) is 11.5 Å². The number of amides is 1. The normalized spacial score (nSPS) is 17.3. The molecular formula is C54H83N9O11S2. The van der Waals surface area contributed by atoms with Gasteiger partial charge in [-0.15, -0.1) is 0 Å². The Morgan fingerprint density at radius 3 is 1.97 bits per heavy atom. The van der Waals surface area contributed by atoms with Gasteiger partial charge < -0.3 is 50.0 Å². The number of hydrogen-bond acceptors (Lipinski definition) is 17. The van der Waals surface area contributed by atoms with Crippen LogP contribution in [0.1, 0.15) is 71.5 Å². The molecule has 2 fully saturated rings. The molecule has 0 unspecified atom stereocenters. The van der Waals surface area contributed by atoms with Gasteiger partial charge in [-0.1, -0.05) is 39.0 Å². The van der Waals surface area contributed by atoms with Crippen molar-refractivity contribution in [2.75, 3.05) is 136 Å². The second kappa shape index (κ2) is 29.8. The lowest BCUT2D eigenvalue weighted by molar-refractivity contribution is -0.121. The van der Waals surface area contributed by atoms with Crippen molar-refractivity contribution in [2.45, 2.75) is 88.1 Å². The van der Waals surface area contributed by atoms with Crippen LogP contribution in [0.15, 0.2) is 76.5 Å². The first-order valence-electron chi connectivity index (χ1n) is 26.7. The number of hydrogen-bond donors (Lipinski definition) is 5. The van der Waals surface area contributed by atoms with Crippen LogP contribution in [0.5, 0.6) is 11.5 Å². The Morgan fingerprint density at radius 2 is 1.32 bits per heavy atom. The van der Waals surface area contributed by atoms with Crippen molar-refractivity contribution in [1.82, 2.24) is 33.7 Å². The molecular weight excluding hydrogens is 1010 g/mol. The van der Waals surface area contributed by atoms with Crippen LogP contribution in [0.4, 0.5) is 11.5 Å². The Bertz CT molecular complexity index is 2650. The third kappa shape index (κ3) is 18.7. The van der Waals surface area contributed by atoms with Gasteiger partial charge in [0.1, 0.15) is 11.6 Å². The molecule has 1 saturated heterocycles. The maximum Gasteiger partial charge on any atom is 0.243 e. The summed E-state index contributed by atoms with van der Waals surface area (Å²) in [6.45, 7) is 14.6. The van der Waals surface area contributed by atoms with Gasteiger partial charge in [0.2, 0.25) is 26.0 Å². The molecule has 20 nitrogen and oxygen atoms in total. The summed E-state index contributed by atoms with van der Waals surface area (Å²) in [5, 5.41) is 30.0. The number of phenols is 2. The molecule has 0 spiro atoms. The van der Waals surface area contributed by atoms with E-state index < -0.39 is 31.5 Å². The van der Waals surface area contributed by atoms with Crippen molar-refractivity contribution >= 4 is 48.4 Å². The highest BCUT2D eigenvalue weighted by Gasteiger charge is 2.33. The number of aromatic nitrogens is 2. The van der Waals surface area contributed by atoms with Gasteiger partial charge >= 0.3 is 0 Å². The quantitative estimate of drug-likeness (QED) is 0.0305. The van der Waals surface area contributed by atoms with Crippen LogP contribution in [-0.4, -0.2) is 193 Å². The number of fused-ring (bicyclic) bond motifs is 1. The van der Waals surface area contributed by atoms with E-state index >= 15 is 0 Å². The molecule has 5 N–H and O–H groups in total. The van der Waals surface area contributed by atoms with Gasteiger partial charge in [-0.05, 0) is 113 Å². The van der Waals surface area contributed by atoms with Crippen LogP contribution in [0.2, 0.25) is 0 Å². The molecule has 0 radical (unpaired) electrons. The summed E-state index contributed by atoms with van der Waals surface area (Å²) in [5.74, 6) is 1.36. The Balaban J connectivity index is 0.735. The monoisotopic (exact) mass is 1100 g/mol. The lowest BCUT2D eigenvalue weighted by Crippen LogP contribution is -2.37. The molecule has 76 heavy (non-hydrogen) atoms. The zero-order chi connectivity index (χ0) is 54.6. The Labute approximate surface area is 450 Å². The number of benzene rings is 3. The standard InChI is InChI=1S/C54H83N9O11S2/c1-54(2,3)42-15-17-44(18-16-42)61(5)41-51-58-48-14-7-6-13-47(48)53(59-51)57-22-9-25-60(4)30-32-72-34-36-74-38-37-73-35-33-71-31-24-56-52(66)21-23-55-43-11-8-12-45(39-43)75(67,68)62-26-10-27-63(29-28-62)76(69,70)46-19-20-49(64)50(65)40-46/h6-8,11-14,19-20,39-40,42,44,55,64-65H,9-10,15-18,21-38,41H2,1-5H3,(H,56,66)(H,57,58,59). The number of nitrogens with one attached hydrogen (secondary N) is 3. The van der Waals surface area contributed by atoms with E-state index in [1.165, 1.54) is 52.5 Å². The number of sulfonamides is 2. The molecule has 6 rings (SSSR count). The van der Waals surface area contributed by atoms with E-state index in [1.807, 2.05) is 12.1 Å². The van der Waals surface area contributed by atoms with Crippen LogP contribution >= 0.6 is 0 Å². The van der Waals surface area contributed by atoms with Gasteiger partial charge in [-0.25, -0.2) is 26.8 Å². The predicted octanol–water partition coefficient (Wildman–Crippen LogP) is 5.58. The number of para-hydroxylation sites is 1. The first-order chi connectivity index (χ1) is 36.4. The summed E-state index contributed by atoms with van der Waals surface area (Å²) in [6, 6.07) is 18.3. The highest BCUT2D eigenvalue weighted by molar-refractivity contribution is 7.89. The lowest BCUT2D eigenvalue weighted by Gasteiger charge is -2.39. The number of aromatic hydroxyl groups is 2. The Kier molecular flexibility index (Phi) is 23.7. The van der Waals surface area contributed by atoms with E-state index in [-0.39, 0.29) is 61.3 Å². The molecule has 2 aliphatic rings. The molecule has 0 bridgehead atoms. The zero-order valence-electron chi connectivity index (χ0n) is 45.3. The van der Waals surface area contributed by atoms with Gasteiger partial charge in [0, 0.05) is 82.0 Å². The fourth-order valence-corrected chi connectivity index (χ4v) is 12.5. The zero-order valence-corrected chi connectivity index (χ0v) is 46.9. The summed E-state index contributed by atoms with van der Waals surface area (Å²) in [5.41, 5.74) is 1.86. The number of carbonyl (C=O) groups is 1. The molecule has 3 aromatic carbocycles. The summed E-state index contributed by atoms with van der Waals surface area (Å²) >= 11 is 0. The van der Waals surface area contributed by atoms with Crippen LogP contribution in [0.3, 0.4) is 0 Å². The molecule has 22 heteroatoms. The van der Waals surface area contributed by atoms with Crippen molar-refractivity contribution in [3.05, 3.63) is 72.6 Å². The second-order valence-corrected chi connectivity index (χ2v) is 24.6. The fraction of sp³-hybridized carbons (Fsp3) is 0.611. The van der Waals surface area contributed by atoms with Crippen molar-refractivity contribution in [1.29, 1.82) is 0 Å². The van der Waals surface area contributed by atoms with Gasteiger partial charge in [0.25, 0.3) is 0 Å². The van der Waals surface area contributed by atoms with Crippen molar-refractivity contribution in [3.63, 3.8) is 0 Å². The maximum absolute atomic E-state index is 13.6. The molecule has 422 valence electrons. The molecule has 1 aromatic heterocycles. The molecule has 2 heterocycles. The Morgan fingerprint density at radius 1 is 0.684 bits per heavy atom. The molecule has 1 amide bonds. The van der Waals surface area contributed by atoms with E-state index in [1.54, 1.807) is 12.1 Å². The molecule has 1 aliphatic carbocycles. The van der Waals surface area contributed by atoms with Crippen LogP contribution in [0.25, 0.3) is 10.9 Å². The van der Waals surface area contributed by atoms with Gasteiger partial charge in [0.15, 0.2) is 11.5 Å². The number of likely N-dealkylation sites (N-methyl/N-ethyl adjacent to an activating group) is 1. The first kappa shape index (κ1) is 60.5. The molecule has 1 saturated carbocycles. The Hall–Kier alpha value is -4.75. The SMILES string of the molecule is CN(CCCNc1nc(CN(C)C2CCC(C(C)(C)C)CC2)nc2ccccc12)CCOCCOCCOCCOCCNC(=O)CCNc1cccc(S(=O)(=O)N2CCCN(S(=O)(=O)c3ccc(O)c(O)c3)CC2)c1. The highest BCUT2D eigenvalue weighted by atomic mass is 32.2. The van der Waals surface area contributed by atoms with E-state index in [0.29, 0.717) is 76.5 Å². The minimum atomic E-state index is -4.04. The van der Waals surface area contributed by atoms with Crippen LogP contribution < -0.4 is 16.0 Å². The second-order valence-electron chi connectivity index (χ2n) is 20.7. The van der Waals surface area contributed by atoms with E-state index in [2.05, 4.69) is 72.7 Å². The van der Waals surface area contributed by atoms with Crippen LogP contribution in [-0.2, 0) is 50.3 Å². The van der Waals surface area contributed by atoms with Gasteiger partial charge in [-0.2, -0.15) is 8.61 Å². The topological polar surface area (TPSA) is 238 Å². The van der Waals surface area contributed by atoms with E-state index in [9.17, 15) is 31.8 Å². The highest BCUT2D eigenvalue weighted by Crippen LogP contribution is 2.39. The molecule has 1 aliphatic heterocycles. The first-order valence-corrected chi connectivity index (χ1v) is 29.6. The number of anilines is 2.